The summed E-state index contributed by atoms with van der Waals surface area (Å²) in [6, 6.07) is 10.5. The van der Waals surface area contributed by atoms with Gasteiger partial charge >= 0.3 is 0 Å². The van der Waals surface area contributed by atoms with Gasteiger partial charge in [0.05, 0.1) is 21.2 Å². The van der Waals surface area contributed by atoms with Crippen LogP contribution in [0.1, 0.15) is 10.4 Å². The molecule has 6 nitrogen and oxygen atoms in total. The quantitative estimate of drug-likeness (QED) is 0.516. The third kappa shape index (κ3) is 2.70. The molecule has 0 unspecified atom stereocenters. The molecule has 0 bridgehead atoms. The maximum Gasteiger partial charge on any atom is 0.292 e. The molecule has 0 heterocycles. The van der Waals surface area contributed by atoms with Crippen LogP contribution in [-0.4, -0.2) is 10.8 Å². The van der Waals surface area contributed by atoms with Gasteiger partial charge in [-0.25, -0.2) is 0 Å². The highest BCUT2D eigenvalue weighted by atomic mass is 35.5. The molecule has 0 fully saturated rings. The van der Waals surface area contributed by atoms with E-state index in [1.54, 1.807) is 18.2 Å². The Morgan fingerprint density at radius 2 is 1.90 bits per heavy atom. The molecule has 0 spiro atoms. The topological polar surface area (TPSA) is 98.3 Å². The van der Waals surface area contributed by atoms with Crippen molar-refractivity contribution in [1.29, 1.82) is 0 Å². The second-order valence-electron chi connectivity index (χ2n) is 3.93. The highest BCUT2D eigenvalue weighted by molar-refractivity contribution is 6.34. The number of anilines is 2. The minimum absolute atomic E-state index is 0.0990. The molecule has 0 radical (unpaired) electrons. The monoisotopic (exact) mass is 291 g/mol. The Kier molecular flexibility index (Phi) is 3.86. The number of nitrogens with one attached hydrogen (secondary N) is 1. The van der Waals surface area contributed by atoms with Crippen molar-refractivity contribution < 1.29 is 9.72 Å². The van der Waals surface area contributed by atoms with Gasteiger partial charge in [-0.15, -0.1) is 0 Å². The van der Waals surface area contributed by atoms with E-state index in [2.05, 4.69) is 5.32 Å². The maximum atomic E-state index is 12.1. The summed E-state index contributed by atoms with van der Waals surface area (Å²) >= 11 is 5.83. The van der Waals surface area contributed by atoms with Crippen molar-refractivity contribution in [1.82, 2.24) is 0 Å². The zero-order valence-corrected chi connectivity index (χ0v) is 10.9. The van der Waals surface area contributed by atoms with E-state index in [9.17, 15) is 14.9 Å². The van der Waals surface area contributed by atoms with Crippen LogP contribution in [0.15, 0.2) is 42.5 Å². The predicted octanol–water partition coefficient (Wildman–Crippen LogP) is 3.08. The van der Waals surface area contributed by atoms with Gasteiger partial charge in [0.1, 0.15) is 5.69 Å². The molecule has 1 amide bonds. The first-order valence-corrected chi connectivity index (χ1v) is 5.97. The lowest BCUT2D eigenvalue weighted by atomic mass is 10.1. The number of nitrogen functional groups attached to an aromatic ring is 1. The summed E-state index contributed by atoms with van der Waals surface area (Å²) < 4.78 is 0. The van der Waals surface area contributed by atoms with Crippen molar-refractivity contribution in [2.75, 3.05) is 11.1 Å². The summed E-state index contributed by atoms with van der Waals surface area (Å²) in [5.74, 6) is -0.556. The van der Waals surface area contributed by atoms with Crippen LogP contribution in [-0.2, 0) is 0 Å². The number of hydrogen-bond donors (Lipinski definition) is 2. The molecular formula is C13H10ClN3O3. The number of carbonyl (C=O) groups is 1. The van der Waals surface area contributed by atoms with Crippen LogP contribution in [0.3, 0.4) is 0 Å². The van der Waals surface area contributed by atoms with E-state index in [0.717, 1.165) is 0 Å². The summed E-state index contributed by atoms with van der Waals surface area (Å²) in [4.78, 5) is 22.4. The van der Waals surface area contributed by atoms with E-state index in [1.807, 2.05) is 0 Å². The first-order valence-electron chi connectivity index (χ1n) is 5.59. The number of rotatable bonds is 3. The number of carbonyl (C=O) groups excluding carboxylic acids is 1. The molecule has 2 aromatic carbocycles. The smallest absolute Gasteiger partial charge is 0.292 e. The van der Waals surface area contributed by atoms with Crippen LogP contribution in [0.2, 0.25) is 5.02 Å². The molecule has 2 rings (SSSR count). The largest absolute Gasteiger partial charge is 0.397 e. The van der Waals surface area contributed by atoms with Crippen LogP contribution < -0.4 is 11.1 Å². The lowest BCUT2D eigenvalue weighted by Gasteiger charge is -2.08. The van der Waals surface area contributed by atoms with Gasteiger partial charge in [0.2, 0.25) is 0 Å². The summed E-state index contributed by atoms with van der Waals surface area (Å²) in [5.41, 5.74) is 5.91. The van der Waals surface area contributed by atoms with Crippen molar-refractivity contribution in [2.24, 2.45) is 0 Å². The molecule has 0 aliphatic carbocycles. The lowest BCUT2D eigenvalue weighted by Crippen LogP contribution is -2.15. The van der Waals surface area contributed by atoms with Crippen molar-refractivity contribution >= 4 is 34.6 Å². The van der Waals surface area contributed by atoms with Crippen molar-refractivity contribution in [2.45, 2.75) is 0 Å². The number of nitro groups is 1. The highest BCUT2D eigenvalue weighted by Gasteiger charge is 2.17. The Bertz CT molecular complexity index is 688. The van der Waals surface area contributed by atoms with Crippen molar-refractivity contribution in [3.63, 3.8) is 0 Å². The number of benzene rings is 2. The van der Waals surface area contributed by atoms with E-state index < -0.39 is 10.8 Å². The van der Waals surface area contributed by atoms with Gasteiger partial charge in [0.25, 0.3) is 11.6 Å². The van der Waals surface area contributed by atoms with Crippen LogP contribution in [0, 0.1) is 10.1 Å². The van der Waals surface area contributed by atoms with E-state index in [0.29, 0.717) is 0 Å². The van der Waals surface area contributed by atoms with Crippen molar-refractivity contribution in [3.05, 3.63) is 63.2 Å². The van der Waals surface area contributed by atoms with E-state index in [1.165, 1.54) is 24.3 Å². The van der Waals surface area contributed by atoms with Crippen LogP contribution in [0.4, 0.5) is 17.1 Å². The van der Waals surface area contributed by atoms with Crippen molar-refractivity contribution in [3.8, 4) is 0 Å². The molecule has 0 atom stereocenters. The number of halogens is 1. The number of nitro benzene ring substituents is 1. The summed E-state index contributed by atoms with van der Waals surface area (Å²) in [5, 5.41) is 13.6. The second-order valence-corrected chi connectivity index (χ2v) is 4.34. The number of amides is 1. The van der Waals surface area contributed by atoms with Gasteiger partial charge in [0, 0.05) is 6.07 Å². The summed E-state index contributed by atoms with van der Waals surface area (Å²) in [6.45, 7) is 0. The number of para-hydroxylation sites is 3. The van der Waals surface area contributed by atoms with Gasteiger partial charge in [-0.3, -0.25) is 14.9 Å². The predicted molar refractivity (Wildman–Crippen MR) is 76.9 cm³/mol. The molecule has 2 aromatic rings. The van der Waals surface area contributed by atoms with E-state index in [-0.39, 0.29) is 27.6 Å². The van der Waals surface area contributed by atoms with Gasteiger partial charge in [-0.05, 0) is 18.2 Å². The lowest BCUT2D eigenvalue weighted by molar-refractivity contribution is -0.383. The molecular weight excluding hydrogens is 282 g/mol. The second kappa shape index (κ2) is 5.58. The standard InChI is InChI=1S/C13H10ClN3O3/c14-9-5-3-4-8(12(9)15)13(18)16-10-6-1-2-7-11(10)17(19)20/h1-7H,15H2,(H,16,18). The summed E-state index contributed by atoms with van der Waals surface area (Å²) in [6.07, 6.45) is 0. The average molecular weight is 292 g/mol. The minimum Gasteiger partial charge on any atom is -0.397 e. The Morgan fingerprint density at radius 3 is 2.60 bits per heavy atom. The fraction of sp³-hybridized carbons (Fsp3) is 0. The molecule has 102 valence electrons. The molecule has 0 saturated carbocycles. The SMILES string of the molecule is Nc1c(Cl)cccc1C(=O)Nc1ccccc1[N+](=O)[O-]. The Hall–Kier alpha value is -2.60. The van der Waals surface area contributed by atoms with Gasteiger partial charge < -0.3 is 11.1 Å². The van der Waals surface area contributed by atoms with Crippen LogP contribution in [0.5, 0.6) is 0 Å². The van der Waals surface area contributed by atoms with Gasteiger partial charge in [-0.2, -0.15) is 0 Å². The van der Waals surface area contributed by atoms with Crippen LogP contribution in [0.25, 0.3) is 0 Å². The molecule has 0 saturated heterocycles. The number of hydrogen-bond acceptors (Lipinski definition) is 4. The Labute approximate surface area is 119 Å². The molecule has 0 aliphatic rings. The fourth-order valence-corrected chi connectivity index (χ4v) is 1.84. The number of nitrogens with zero attached hydrogens (tertiary/aromatic N) is 1. The minimum atomic E-state index is -0.572. The van der Waals surface area contributed by atoms with Gasteiger partial charge in [-0.1, -0.05) is 29.8 Å². The van der Waals surface area contributed by atoms with Gasteiger partial charge in [0.15, 0.2) is 0 Å². The third-order valence-electron chi connectivity index (χ3n) is 2.65. The molecule has 20 heavy (non-hydrogen) atoms. The fourth-order valence-electron chi connectivity index (χ4n) is 1.66. The number of nitrogens with two attached hydrogens (primary N) is 1. The highest BCUT2D eigenvalue weighted by Crippen LogP contribution is 2.26. The maximum absolute atomic E-state index is 12.1. The van der Waals surface area contributed by atoms with Crippen LogP contribution >= 0.6 is 11.6 Å². The first kappa shape index (κ1) is 13.8. The molecule has 7 heteroatoms. The van der Waals surface area contributed by atoms with E-state index >= 15 is 0 Å². The molecule has 3 N–H and O–H groups in total. The summed E-state index contributed by atoms with van der Waals surface area (Å²) in [7, 11) is 0. The Balaban J connectivity index is 2.33. The average Bonchev–Trinajstić information content (AvgIpc) is 2.42. The first-order chi connectivity index (χ1) is 9.50. The third-order valence-corrected chi connectivity index (χ3v) is 2.98. The zero-order chi connectivity index (χ0) is 14.7. The van der Waals surface area contributed by atoms with E-state index in [4.69, 9.17) is 17.3 Å². The zero-order valence-electron chi connectivity index (χ0n) is 10.2. The molecule has 0 aromatic heterocycles. The Morgan fingerprint density at radius 1 is 1.20 bits per heavy atom. The molecule has 0 aliphatic heterocycles. The normalized spacial score (nSPS) is 10.1.